The first-order chi connectivity index (χ1) is 13.1. The molecule has 0 radical (unpaired) electrons. The molecule has 0 atom stereocenters. The number of nitrogens with zero attached hydrogens (tertiary/aromatic N) is 1. The monoisotopic (exact) mass is 356 g/mol. The van der Waals surface area contributed by atoms with Crippen LogP contribution in [0.1, 0.15) is 16.7 Å². The molecular formula is C24H24N2O. The maximum atomic E-state index is 12.9. The summed E-state index contributed by atoms with van der Waals surface area (Å²) in [5.41, 5.74) is 5.09. The molecule has 0 heterocycles. The molecular weight excluding hydrogens is 332 g/mol. The zero-order valence-electron chi connectivity index (χ0n) is 15.7. The summed E-state index contributed by atoms with van der Waals surface area (Å²) in [6.07, 6.45) is 4.03. The predicted molar refractivity (Wildman–Crippen MR) is 114 cm³/mol. The molecule has 0 aliphatic heterocycles. The molecule has 0 saturated carbocycles. The SMILES string of the molecule is Cc1ccc(NC(=O)N(C/C=C/c2ccccc2)c2ccc(C)cc2)cc1. The maximum absolute atomic E-state index is 12.9. The van der Waals surface area contributed by atoms with Crippen molar-refractivity contribution >= 4 is 23.5 Å². The molecule has 3 nitrogen and oxygen atoms in total. The van der Waals surface area contributed by atoms with Crippen LogP contribution in [0.2, 0.25) is 0 Å². The van der Waals surface area contributed by atoms with Gasteiger partial charge in [0.2, 0.25) is 0 Å². The van der Waals surface area contributed by atoms with E-state index in [-0.39, 0.29) is 6.03 Å². The number of aryl methyl sites for hydroxylation is 2. The van der Waals surface area contributed by atoms with Crippen molar-refractivity contribution in [3.8, 4) is 0 Å². The van der Waals surface area contributed by atoms with Gasteiger partial charge >= 0.3 is 6.03 Å². The van der Waals surface area contributed by atoms with E-state index in [4.69, 9.17) is 0 Å². The lowest BCUT2D eigenvalue weighted by atomic mass is 10.2. The van der Waals surface area contributed by atoms with Crippen molar-refractivity contribution in [3.05, 3.63) is 102 Å². The average Bonchev–Trinajstić information content (AvgIpc) is 2.69. The topological polar surface area (TPSA) is 32.3 Å². The molecule has 2 amide bonds. The van der Waals surface area contributed by atoms with Crippen molar-refractivity contribution in [2.24, 2.45) is 0 Å². The number of carbonyl (C=O) groups is 1. The molecule has 1 N–H and O–H groups in total. The largest absolute Gasteiger partial charge is 0.326 e. The highest BCUT2D eigenvalue weighted by atomic mass is 16.2. The lowest BCUT2D eigenvalue weighted by molar-refractivity contribution is 0.257. The third-order valence-electron chi connectivity index (χ3n) is 4.29. The smallest absolute Gasteiger partial charge is 0.308 e. The van der Waals surface area contributed by atoms with Gasteiger partial charge in [0.25, 0.3) is 0 Å². The summed E-state index contributed by atoms with van der Waals surface area (Å²) >= 11 is 0. The molecule has 0 saturated heterocycles. The fourth-order valence-electron chi connectivity index (χ4n) is 2.72. The number of nitrogens with one attached hydrogen (secondary N) is 1. The van der Waals surface area contributed by atoms with Crippen LogP contribution in [0.4, 0.5) is 16.2 Å². The molecule has 0 aliphatic carbocycles. The minimum Gasteiger partial charge on any atom is -0.308 e. The zero-order chi connectivity index (χ0) is 19.1. The Balaban J connectivity index is 1.78. The molecule has 0 aliphatic rings. The number of hydrogen-bond donors (Lipinski definition) is 1. The van der Waals surface area contributed by atoms with Crippen LogP contribution in [0.5, 0.6) is 0 Å². The highest BCUT2D eigenvalue weighted by Crippen LogP contribution is 2.18. The Labute approximate surface area is 161 Å². The molecule has 0 spiro atoms. The number of amides is 2. The molecule has 136 valence electrons. The molecule has 3 rings (SSSR count). The summed E-state index contributed by atoms with van der Waals surface area (Å²) in [6.45, 7) is 4.55. The molecule has 27 heavy (non-hydrogen) atoms. The van der Waals surface area contributed by atoms with E-state index in [1.54, 1.807) is 4.90 Å². The van der Waals surface area contributed by atoms with Gasteiger partial charge in [0.15, 0.2) is 0 Å². The van der Waals surface area contributed by atoms with Gasteiger partial charge in [-0.25, -0.2) is 4.79 Å². The predicted octanol–water partition coefficient (Wildman–Crippen LogP) is 6.06. The summed E-state index contributed by atoms with van der Waals surface area (Å²) in [4.78, 5) is 14.6. The van der Waals surface area contributed by atoms with Crippen LogP contribution in [0.15, 0.2) is 84.9 Å². The number of urea groups is 1. The lowest BCUT2D eigenvalue weighted by Crippen LogP contribution is -2.35. The van der Waals surface area contributed by atoms with Crippen molar-refractivity contribution < 1.29 is 4.79 Å². The number of hydrogen-bond acceptors (Lipinski definition) is 1. The van der Waals surface area contributed by atoms with Gasteiger partial charge in [0, 0.05) is 17.9 Å². The van der Waals surface area contributed by atoms with E-state index in [2.05, 4.69) is 5.32 Å². The number of anilines is 2. The number of benzene rings is 3. The van der Waals surface area contributed by atoms with Gasteiger partial charge in [-0.05, 0) is 43.7 Å². The average molecular weight is 356 g/mol. The van der Waals surface area contributed by atoms with E-state index in [9.17, 15) is 4.79 Å². The molecule has 0 bridgehead atoms. The van der Waals surface area contributed by atoms with Crippen LogP contribution in [-0.2, 0) is 0 Å². The summed E-state index contributed by atoms with van der Waals surface area (Å²) < 4.78 is 0. The Bertz CT molecular complexity index is 897. The number of rotatable bonds is 5. The van der Waals surface area contributed by atoms with Crippen LogP contribution < -0.4 is 10.2 Å². The van der Waals surface area contributed by atoms with Crippen molar-refractivity contribution in [2.45, 2.75) is 13.8 Å². The highest BCUT2D eigenvalue weighted by molar-refractivity contribution is 6.02. The van der Waals surface area contributed by atoms with E-state index in [1.165, 1.54) is 0 Å². The molecule has 3 aromatic rings. The fourth-order valence-corrected chi connectivity index (χ4v) is 2.72. The number of carbonyl (C=O) groups excluding carboxylic acids is 1. The first-order valence-electron chi connectivity index (χ1n) is 9.05. The van der Waals surface area contributed by atoms with Gasteiger partial charge in [-0.3, -0.25) is 4.90 Å². The Morgan fingerprint density at radius 2 is 1.44 bits per heavy atom. The lowest BCUT2D eigenvalue weighted by Gasteiger charge is -2.22. The quantitative estimate of drug-likeness (QED) is 0.592. The van der Waals surface area contributed by atoms with Crippen molar-refractivity contribution in [1.82, 2.24) is 0 Å². The van der Waals surface area contributed by atoms with Crippen LogP contribution in [0, 0.1) is 13.8 Å². The molecule has 0 unspecified atom stereocenters. The third kappa shape index (κ3) is 5.32. The summed E-state index contributed by atoms with van der Waals surface area (Å²) in [6, 6.07) is 25.7. The molecule has 0 fully saturated rings. The second-order valence-electron chi connectivity index (χ2n) is 6.56. The molecule has 3 aromatic carbocycles. The highest BCUT2D eigenvalue weighted by Gasteiger charge is 2.14. The Morgan fingerprint density at radius 3 is 2.07 bits per heavy atom. The summed E-state index contributed by atoms with van der Waals surface area (Å²) in [5, 5.41) is 2.98. The second kappa shape index (κ2) is 8.86. The van der Waals surface area contributed by atoms with Crippen LogP contribution in [0.25, 0.3) is 6.08 Å². The van der Waals surface area contributed by atoms with E-state index in [1.807, 2.05) is 105 Å². The minimum absolute atomic E-state index is 0.152. The van der Waals surface area contributed by atoms with E-state index < -0.39 is 0 Å². The molecule has 0 aromatic heterocycles. The van der Waals surface area contributed by atoms with Gasteiger partial charge < -0.3 is 5.32 Å². The maximum Gasteiger partial charge on any atom is 0.326 e. The van der Waals surface area contributed by atoms with Crippen LogP contribution in [0.3, 0.4) is 0 Å². The summed E-state index contributed by atoms with van der Waals surface area (Å²) in [5.74, 6) is 0. The Hall–Kier alpha value is -3.33. The fraction of sp³-hybridized carbons (Fsp3) is 0.125. The molecule has 3 heteroatoms. The van der Waals surface area contributed by atoms with Crippen LogP contribution in [-0.4, -0.2) is 12.6 Å². The van der Waals surface area contributed by atoms with Gasteiger partial charge in [-0.2, -0.15) is 0 Å². The zero-order valence-corrected chi connectivity index (χ0v) is 15.7. The van der Waals surface area contributed by atoms with Crippen LogP contribution >= 0.6 is 0 Å². The van der Waals surface area contributed by atoms with Crippen molar-refractivity contribution in [2.75, 3.05) is 16.8 Å². The van der Waals surface area contributed by atoms with E-state index in [0.717, 1.165) is 28.1 Å². The van der Waals surface area contributed by atoms with Crippen molar-refractivity contribution in [3.63, 3.8) is 0 Å². The Kier molecular flexibility index (Phi) is 6.06. The van der Waals surface area contributed by atoms with Gasteiger partial charge in [-0.15, -0.1) is 0 Å². The first-order valence-corrected chi connectivity index (χ1v) is 9.05. The normalized spacial score (nSPS) is 10.7. The van der Waals surface area contributed by atoms with E-state index >= 15 is 0 Å². The van der Waals surface area contributed by atoms with Gasteiger partial charge in [0.05, 0.1) is 0 Å². The minimum atomic E-state index is -0.152. The van der Waals surface area contributed by atoms with Crippen molar-refractivity contribution in [1.29, 1.82) is 0 Å². The third-order valence-corrected chi connectivity index (χ3v) is 4.29. The second-order valence-corrected chi connectivity index (χ2v) is 6.56. The first kappa shape index (κ1) is 18.5. The van der Waals surface area contributed by atoms with E-state index in [0.29, 0.717) is 6.54 Å². The van der Waals surface area contributed by atoms with Gasteiger partial charge in [0.1, 0.15) is 0 Å². The Morgan fingerprint density at radius 1 is 0.852 bits per heavy atom. The standard InChI is InChI=1S/C24H24N2O/c1-19-10-14-22(15-11-19)25-24(27)26(23-16-12-20(2)13-17-23)18-6-9-21-7-4-3-5-8-21/h3-17H,18H2,1-2H3,(H,25,27)/b9-6+. The van der Waals surface area contributed by atoms with Gasteiger partial charge in [-0.1, -0.05) is 77.9 Å². The summed E-state index contributed by atoms with van der Waals surface area (Å²) in [7, 11) is 0.